The van der Waals surface area contributed by atoms with Crippen LogP contribution in [0.25, 0.3) is 0 Å². The molecule has 1 aromatic carbocycles. The van der Waals surface area contributed by atoms with E-state index in [2.05, 4.69) is 18.3 Å². The molecule has 1 aromatic rings. The lowest BCUT2D eigenvalue weighted by atomic mass is 9.78. The molecule has 0 amide bonds. The van der Waals surface area contributed by atoms with E-state index in [1.54, 1.807) is 14.2 Å². The van der Waals surface area contributed by atoms with E-state index in [1.807, 2.05) is 12.1 Å². The predicted octanol–water partition coefficient (Wildman–Crippen LogP) is 3.20. The van der Waals surface area contributed by atoms with Crippen LogP contribution in [-0.2, 0) is 0 Å². The van der Waals surface area contributed by atoms with E-state index in [1.165, 1.54) is 24.8 Å². The molecule has 1 N–H and O–H groups in total. The van der Waals surface area contributed by atoms with Crippen LogP contribution in [0.3, 0.4) is 0 Å². The fourth-order valence-electron chi connectivity index (χ4n) is 3.14. The van der Waals surface area contributed by atoms with Gasteiger partial charge in [0.25, 0.3) is 0 Å². The Bertz CT molecular complexity index is 404. The van der Waals surface area contributed by atoms with Gasteiger partial charge in [-0.1, -0.05) is 13.3 Å². The normalized spacial score (nSPS) is 23.1. The molecule has 1 aliphatic rings. The van der Waals surface area contributed by atoms with Crippen molar-refractivity contribution in [2.45, 2.75) is 32.1 Å². The Labute approximate surface area is 116 Å². The molecule has 2 atom stereocenters. The van der Waals surface area contributed by atoms with Crippen LogP contribution >= 0.6 is 0 Å². The smallest absolute Gasteiger partial charge is 0.122 e. The van der Waals surface area contributed by atoms with Crippen LogP contribution in [0.2, 0.25) is 0 Å². The number of nitrogens with one attached hydrogen (secondary N) is 1. The molecule has 0 bridgehead atoms. The molecule has 106 valence electrons. The van der Waals surface area contributed by atoms with Crippen LogP contribution in [0.4, 0.5) is 0 Å². The maximum atomic E-state index is 5.55. The Hall–Kier alpha value is -1.22. The van der Waals surface area contributed by atoms with Crippen LogP contribution in [0, 0.1) is 5.92 Å². The van der Waals surface area contributed by atoms with E-state index < -0.39 is 0 Å². The Morgan fingerprint density at radius 1 is 1.26 bits per heavy atom. The molecule has 19 heavy (non-hydrogen) atoms. The van der Waals surface area contributed by atoms with Crippen molar-refractivity contribution in [2.75, 3.05) is 27.3 Å². The molecule has 0 spiro atoms. The van der Waals surface area contributed by atoms with Crippen LogP contribution in [0.15, 0.2) is 18.2 Å². The number of hydrogen-bond donors (Lipinski definition) is 1. The Balaban J connectivity index is 2.30. The highest BCUT2D eigenvalue weighted by Gasteiger charge is 2.28. The lowest BCUT2D eigenvalue weighted by Gasteiger charge is -2.33. The number of rotatable bonds is 5. The summed E-state index contributed by atoms with van der Waals surface area (Å²) in [6.07, 6.45) is 3.67. The van der Waals surface area contributed by atoms with E-state index in [0.717, 1.165) is 24.6 Å². The Kier molecular flexibility index (Phi) is 5.08. The lowest BCUT2D eigenvalue weighted by Crippen LogP contribution is -2.35. The summed E-state index contributed by atoms with van der Waals surface area (Å²) in [6.45, 7) is 4.46. The largest absolute Gasteiger partial charge is 0.497 e. The van der Waals surface area contributed by atoms with Gasteiger partial charge in [-0.2, -0.15) is 0 Å². The molecule has 0 aliphatic carbocycles. The van der Waals surface area contributed by atoms with Gasteiger partial charge in [0.1, 0.15) is 11.5 Å². The quantitative estimate of drug-likeness (QED) is 0.885. The number of piperidine rings is 1. The summed E-state index contributed by atoms with van der Waals surface area (Å²) < 4.78 is 10.9. The van der Waals surface area contributed by atoms with Crippen molar-refractivity contribution >= 4 is 0 Å². The maximum Gasteiger partial charge on any atom is 0.122 e. The van der Waals surface area contributed by atoms with Gasteiger partial charge in [-0.15, -0.1) is 0 Å². The standard InChI is InChI=1S/C16H25NO2/c1-4-5-12-11-17-9-8-14(12)15-10-13(18-2)6-7-16(15)19-3/h6-7,10,12,14,17H,4-5,8-9,11H2,1-3H3. The lowest BCUT2D eigenvalue weighted by molar-refractivity contribution is 0.296. The van der Waals surface area contributed by atoms with Crippen molar-refractivity contribution in [3.8, 4) is 11.5 Å². The number of methoxy groups -OCH3 is 2. The summed E-state index contributed by atoms with van der Waals surface area (Å²) in [5, 5.41) is 3.51. The fourth-order valence-corrected chi connectivity index (χ4v) is 3.14. The highest BCUT2D eigenvalue weighted by atomic mass is 16.5. The highest BCUT2D eigenvalue weighted by molar-refractivity contribution is 5.43. The van der Waals surface area contributed by atoms with Crippen molar-refractivity contribution < 1.29 is 9.47 Å². The average molecular weight is 263 g/mol. The first-order chi connectivity index (χ1) is 9.30. The number of benzene rings is 1. The van der Waals surface area contributed by atoms with E-state index in [-0.39, 0.29) is 0 Å². The first-order valence-corrected chi connectivity index (χ1v) is 7.22. The van der Waals surface area contributed by atoms with Crippen molar-refractivity contribution in [3.05, 3.63) is 23.8 Å². The van der Waals surface area contributed by atoms with Gasteiger partial charge in [0.05, 0.1) is 14.2 Å². The van der Waals surface area contributed by atoms with Crippen molar-refractivity contribution in [1.29, 1.82) is 0 Å². The minimum atomic E-state index is 0.575. The average Bonchev–Trinajstić information content (AvgIpc) is 2.47. The second-order valence-electron chi connectivity index (χ2n) is 5.26. The summed E-state index contributed by atoms with van der Waals surface area (Å²) in [5.41, 5.74) is 1.31. The fraction of sp³-hybridized carbons (Fsp3) is 0.625. The van der Waals surface area contributed by atoms with Gasteiger partial charge in [-0.3, -0.25) is 0 Å². The van der Waals surface area contributed by atoms with Gasteiger partial charge in [-0.05, 0) is 56.0 Å². The first kappa shape index (κ1) is 14.2. The SMILES string of the molecule is CCCC1CNCCC1c1cc(OC)ccc1OC. The molecule has 3 heteroatoms. The second-order valence-corrected chi connectivity index (χ2v) is 5.26. The molecule has 1 fully saturated rings. The van der Waals surface area contributed by atoms with Crippen molar-refractivity contribution in [1.82, 2.24) is 5.32 Å². The maximum absolute atomic E-state index is 5.55. The molecule has 2 unspecified atom stereocenters. The zero-order valence-electron chi connectivity index (χ0n) is 12.2. The van der Waals surface area contributed by atoms with Crippen molar-refractivity contribution in [2.24, 2.45) is 5.92 Å². The summed E-state index contributed by atoms with van der Waals surface area (Å²) >= 11 is 0. The number of hydrogen-bond acceptors (Lipinski definition) is 3. The molecule has 0 radical (unpaired) electrons. The molecule has 1 heterocycles. The highest BCUT2D eigenvalue weighted by Crippen LogP contribution is 2.39. The monoisotopic (exact) mass is 263 g/mol. The third-order valence-electron chi connectivity index (χ3n) is 4.10. The van der Waals surface area contributed by atoms with Crippen LogP contribution in [0.1, 0.15) is 37.7 Å². The van der Waals surface area contributed by atoms with Crippen LogP contribution in [-0.4, -0.2) is 27.3 Å². The minimum absolute atomic E-state index is 0.575. The van der Waals surface area contributed by atoms with E-state index in [0.29, 0.717) is 11.8 Å². The van der Waals surface area contributed by atoms with Gasteiger partial charge in [0, 0.05) is 5.56 Å². The van der Waals surface area contributed by atoms with Gasteiger partial charge >= 0.3 is 0 Å². The molecule has 1 saturated heterocycles. The Morgan fingerprint density at radius 2 is 2.11 bits per heavy atom. The molecule has 3 nitrogen and oxygen atoms in total. The first-order valence-electron chi connectivity index (χ1n) is 7.22. The predicted molar refractivity (Wildman–Crippen MR) is 78.2 cm³/mol. The number of ether oxygens (including phenoxy) is 2. The van der Waals surface area contributed by atoms with Crippen LogP contribution in [0.5, 0.6) is 11.5 Å². The van der Waals surface area contributed by atoms with Crippen molar-refractivity contribution in [3.63, 3.8) is 0 Å². The van der Waals surface area contributed by atoms with Gasteiger partial charge in [0.15, 0.2) is 0 Å². The van der Waals surface area contributed by atoms with Crippen LogP contribution < -0.4 is 14.8 Å². The molecule has 2 rings (SSSR count). The van der Waals surface area contributed by atoms with E-state index in [4.69, 9.17) is 9.47 Å². The Morgan fingerprint density at radius 3 is 2.79 bits per heavy atom. The van der Waals surface area contributed by atoms with E-state index in [9.17, 15) is 0 Å². The van der Waals surface area contributed by atoms with Gasteiger partial charge in [-0.25, -0.2) is 0 Å². The zero-order chi connectivity index (χ0) is 13.7. The van der Waals surface area contributed by atoms with Gasteiger partial charge in [0.2, 0.25) is 0 Å². The summed E-state index contributed by atoms with van der Waals surface area (Å²) in [7, 11) is 3.47. The zero-order valence-corrected chi connectivity index (χ0v) is 12.2. The summed E-state index contributed by atoms with van der Waals surface area (Å²) in [4.78, 5) is 0. The summed E-state index contributed by atoms with van der Waals surface area (Å²) in [5.74, 6) is 3.18. The topological polar surface area (TPSA) is 30.5 Å². The molecular weight excluding hydrogens is 238 g/mol. The molecule has 1 aliphatic heterocycles. The minimum Gasteiger partial charge on any atom is -0.497 e. The third kappa shape index (κ3) is 3.21. The second kappa shape index (κ2) is 6.80. The molecule has 0 saturated carbocycles. The molecular formula is C16H25NO2. The third-order valence-corrected chi connectivity index (χ3v) is 4.10. The summed E-state index contributed by atoms with van der Waals surface area (Å²) in [6, 6.07) is 6.15. The molecule has 0 aromatic heterocycles. The van der Waals surface area contributed by atoms with Gasteiger partial charge < -0.3 is 14.8 Å². The van der Waals surface area contributed by atoms with E-state index >= 15 is 0 Å².